The van der Waals surface area contributed by atoms with Crippen LogP contribution in [-0.2, 0) is 27.6 Å². The summed E-state index contributed by atoms with van der Waals surface area (Å²) in [6.45, 7) is 0. The molecule has 0 bridgehead atoms. The molecule has 172 valence electrons. The quantitative estimate of drug-likeness (QED) is 0.454. The molecule has 1 heterocycles. The number of sulfonamides is 1. The molecule has 0 fully saturated rings. The lowest BCUT2D eigenvalue weighted by molar-refractivity contribution is 0.0601. The van der Waals surface area contributed by atoms with Gasteiger partial charge in [0.1, 0.15) is 5.00 Å². The molecule has 0 unspecified atom stereocenters. The highest BCUT2D eigenvalue weighted by Gasteiger charge is 2.27. The van der Waals surface area contributed by atoms with E-state index < -0.39 is 21.9 Å². The number of methoxy groups -OCH3 is 1. The summed E-state index contributed by atoms with van der Waals surface area (Å²) in [5, 5.41) is 3.32. The number of ether oxygens (including phenoxy) is 1. The average Bonchev–Trinajstić information content (AvgIpc) is 3.18. The molecule has 0 radical (unpaired) electrons. The van der Waals surface area contributed by atoms with Crippen LogP contribution in [-0.4, -0.2) is 27.4 Å². The number of amides is 1. The minimum absolute atomic E-state index is 0.0702. The lowest BCUT2D eigenvalue weighted by Crippen LogP contribution is -2.16. The van der Waals surface area contributed by atoms with Crippen molar-refractivity contribution < 1.29 is 22.7 Å². The van der Waals surface area contributed by atoms with Crippen molar-refractivity contribution in [3.8, 4) is 0 Å². The molecule has 0 saturated heterocycles. The number of carbonyl (C=O) groups is 2. The highest BCUT2D eigenvalue weighted by atomic mass is 35.5. The van der Waals surface area contributed by atoms with Gasteiger partial charge in [0.05, 0.1) is 28.3 Å². The predicted octanol–water partition coefficient (Wildman–Crippen LogP) is 5.12. The van der Waals surface area contributed by atoms with Crippen LogP contribution in [0.25, 0.3) is 0 Å². The molecule has 10 heteroatoms. The summed E-state index contributed by atoms with van der Waals surface area (Å²) in [5.41, 5.74) is 1.73. The Morgan fingerprint density at radius 3 is 2.48 bits per heavy atom. The number of hydrogen-bond donors (Lipinski definition) is 2. The summed E-state index contributed by atoms with van der Waals surface area (Å²) in [6, 6.07) is 12.2. The minimum Gasteiger partial charge on any atom is -0.465 e. The Hall–Kier alpha value is -2.88. The Labute approximate surface area is 200 Å². The fourth-order valence-electron chi connectivity index (χ4n) is 3.69. The van der Waals surface area contributed by atoms with Crippen molar-refractivity contribution in [3.05, 3.63) is 75.1 Å². The number of fused-ring (bicyclic) bond motifs is 1. The molecule has 33 heavy (non-hydrogen) atoms. The molecule has 2 N–H and O–H groups in total. The van der Waals surface area contributed by atoms with E-state index in [0.717, 1.165) is 36.1 Å². The van der Waals surface area contributed by atoms with Crippen LogP contribution < -0.4 is 10.0 Å². The first kappa shape index (κ1) is 23.3. The van der Waals surface area contributed by atoms with Crippen molar-refractivity contribution in [2.45, 2.75) is 30.6 Å². The lowest BCUT2D eigenvalue weighted by Gasteiger charge is -2.12. The number of aryl methyl sites for hydroxylation is 1. The smallest absolute Gasteiger partial charge is 0.341 e. The molecule has 1 aliphatic carbocycles. The fraction of sp³-hybridized carbons (Fsp3) is 0.217. The van der Waals surface area contributed by atoms with Gasteiger partial charge in [-0.25, -0.2) is 13.2 Å². The fourth-order valence-corrected chi connectivity index (χ4v) is 6.35. The van der Waals surface area contributed by atoms with Gasteiger partial charge in [0.25, 0.3) is 15.9 Å². The Morgan fingerprint density at radius 1 is 1.06 bits per heavy atom. The second kappa shape index (κ2) is 9.54. The normalized spacial score (nSPS) is 13.2. The molecule has 1 aliphatic rings. The highest BCUT2D eigenvalue weighted by Crippen LogP contribution is 2.39. The van der Waals surface area contributed by atoms with Crippen molar-refractivity contribution in [3.63, 3.8) is 0 Å². The van der Waals surface area contributed by atoms with Crippen LogP contribution in [0.1, 0.15) is 44.0 Å². The number of esters is 1. The SMILES string of the molecule is COC(=O)c1c(NC(=O)c2ccc(NS(=O)(=O)c3ccccc3)c(Cl)c2)sc2c1CCCC2. The molecule has 3 aromatic rings. The molecular weight excluding hydrogens is 484 g/mol. The maximum absolute atomic E-state index is 12.9. The lowest BCUT2D eigenvalue weighted by atomic mass is 9.95. The Kier molecular flexibility index (Phi) is 6.73. The van der Waals surface area contributed by atoms with Crippen molar-refractivity contribution in [2.24, 2.45) is 0 Å². The number of nitrogens with one attached hydrogen (secondary N) is 2. The van der Waals surface area contributed by atoms with Gasteiger partial charge in [-0.1, -0.05) is 29.8 Å². The summed E-state index contributed by atoms with van der Waals surface area (Å²) >= 11 is 7.66. The van der Waals surface area contributed by atoms with Crippen molar-refractivity contribution >= 4 is 55.5 Å². The molecule has 0 aliphatic heterocycles. The van der Waals surface area contributed by atoms with Gasteiger partial charge in [-0.05, 0) is 61.6 Å². The molecule has 1 amide bonds. The van der Waals surface area contributed by atoms with Gasteiger partial charge < -0.3 is 10.1 Å². The van der Waals surface area contributed by atoms with E-state index in [1.54, 1.807) is 18.2 Å². The van der Waals surface area contributed by atoms with Gasteiger partial charge >= 0.3 is 5.97 Å². The number of thiophene rings is 1. The number of carbonyl (C=O) groups excluding carboxylic acids is 2. The third-order valence-corrected chi connectivity index (χ3v) is 8.22. The summed E-state index contributed by atoms with van der Waals surface area (Å²) in [5.74, 6) is -0.938. The molecule has 0 spiro atoms. The van der Waals surface area contributed by atoms with Crippen LogP contribution in [0.15, 0.2) is 53.4 Å². The van der Waals surface area contributed by atoms with Crippen LogP contribution in [0.5, 0.6) is 0 Å². The van der Waals surface area contributed by atoms with Gasteiger partial charge in [-0.3, -0.25) is 9.52 Å². The second-order valence-electron chi connectivity index (χ2n) is 7.47. The van der Waals surface area contributed by atoms with Crippen LogP contribution in [0, 0.1) is 0 Å². The molecule has 4 rings (SSSR count). The summed E-state index contributed by atoms with van der Waals surface area (Å²) in [4.78, 5) is 26.5. The van der Waals surface area contributed by atoms with Crippen LogP contribution in [0.3, 0.4) is 0 Å². The van der Waals surface area contributed by atoms with Gasteiger partial charge in [-0.15, -0.1) is 11.3 Å². The van der Waals surface area contributed by atoms with Crippen LogP contribution >= 0.6 is 22.9 Å². The zero-order chi connectivity index (χ0) is 23.6. The van der Waals surface area contributed by atoms with Crippen molar-refractivity contribution in [2.75, 3.05) is 17.1 Å². The van der Waals surface area contributed by atoms with E-state index in [-0.39, 0.29) is 21.2 Å². The zero-order valence-electron chi connectivity index (χ0n) is 17.7. The second-order valence-corrected chi connectivity index (χ2v) is 10.7. The average molecular weight is 505 g/mol. The van der Waals surface area contributed by atoms with E-state index in [4.69, 9.17) is 16.3 Å². The Bertz CT molecular complexity index is 1320. The molecule has 1 aromatic heterocycles. The van der Waals surface area contributed by atoms with Gasteiger partial charge in [0.15, 0.2) is 0 Å². The van der Waals surface area contributed by atoms with Crippen LogP contribution in [0.4, 0.5) is 10.7 Å². The predicted molar refractivity (Wildman–Crippen MR) is 129 cm³/mol. The first-order chi connectivity index (χ1) is 15.8. The molecular formula is C23H21ClN2O5S2. The van der Waals surface area contributed by atoms with E-state index in [1.165, 1.54) is 48.8 Å². The Morgan fingerprint density at radius 2 is 1.79 bits per heavy atom. The number of benzene rings is 2. The van der Waals surface area contributed by atoms with E-state index >= 15 is 0 Å². The van der Waals surface area contributed by atoms with Gasteiger partial charge in [0.2, 0.25) is 0 Å². The largest absolute Gasteiger partial charge is 0.465 e. The third kappa shape index (κ3) is 4.90. The van der Waals surface area contributed by atoms with Crippen molar-refractivity contribution in [1.29, 1.82) is 0 Å². The first-order valence-corrected chi connectivity index (χ1v) is 12.9. The third-order valence-electron chi connectivity index (χ3n) is 5.32. The molecule has 7 nitrogen and oxygen atoms in total. The zero-order valence-corrected chi connectivity index (χ0v) is 20.1. The first-order valence-electron chi connectivity index (χ1n) is 10.2. The highest BCUT2D eigenvalue weighted by molar-refractivity contribution is 7.92. The monoisotopic (exact) mass is 504 g/mol. The summed E-state index contributed by atoms with van der Waals surface area (Å²) < 4.78 is 32.5. The van der Waals surface area contributed by atoms with E-state index in [2.05, 4.69) is 10.0 Å². The van der Waals surface area contributed by atoms with E-state index in [0.29, 0.717) is 10.6 Å². The van der Waals surface area contributed by atoms with Crippen LogP contribution in [0.2, 0.25) is 5.02 Å². The minimum atomic E-state index is -3.82. The number of hydrogen-bond acceptors (Lipinski definition) is 6. The summed E-state index contributed by atoms with van der Waals surface area (Å²) in [7, 11) is -2.51. The number of rotatable bonds is 6. The standard InChI is InChI=1S/C23H21ClN2O5S2/c1-31-23(28)20-16-9-5-6-10-19(16)32-22(20)25-21(27)14-11-12-18(17(24)13-14)26-33(29,30)15-7-3-2-4-8-15/h2-4,7-8,11-13,26H,5-6,9-10H2,1H3,(H,25,27). The van der Waals surface area contributed by atoms with Crippen molar-refractivity contribution in [1.82, 2.24) is 0 Å². The van der Waals surface area contributed by atoms with E-state index in [9.17, 15) is 18.0 Å². The topological polar surface area (TPSA) is 102 Å². The maximum atomic E-state index is 12.9. The molecule has 0 saturated carbocycles. The van der Waals surface area contributed by atoms with Gasteiger partial charge in [0, 0.05) is 10.4 Å². The number of halogens is 1. The molecule has 0 atom stereocenters. The van der Waals surface area contributed by atoms with Gasteiger partial charge in [-0.2, -0.15) is 0 Å². The molecule has 2 aromatic carbocycles. The maximum Gasteiger partial charge on any atom is 0.341 e. The summed E-state index contributed by atoms with van der Waals surface area (Å²) in [6.07, 6.45) is 3.66. The Balaban J connectivity index is 1.56. The number of anilines is 2. The van der Waals surface area contributed by atoms with E-state index in [1.807, 2.05) is 0 Å².